The lowest BCUT2D eigenvalue weighted by atomic mass is 10.2. The van der Waals surface area contributed by atoms with Crippen LogP contribution in [0.25, 0.3) is 0 Å². The van der Waals surface area contributed by atoms with E-state index in [1.807, 2.05) is 6.07 Å². The molecule has 0 aliphatic carbocycles. The smallest absolute Gasteiger partial charge is 0.338 e. The van der Waals surface area contributed by atoms with E-state index in [-0.39, 0.29) is 18.6 Å². The summed E-state index contributed by atoms with van der Waals surface area (Å²) in [6.45, 7) is 3.31. The zero-order valence-corrected chi connectivity index (χ0v) is 15.3. The Morgan fingerprint density at radius 3 is 2.41 bits per heavy atom. The van der Waals surface area contributed by atoms with E-state index in [1.54, 1.807) is 50.2 Å². The molecule has 2 aromatic carbocycles. The van der Waals surface area contributed by atoms with Gasteiger partial charge in [0.25, 0.3) is 5.91 Å². The standard InChI is InChI=1S/C20H20N2O5/c1-13(2)27-20(24)15-5-7-16(8-6-15)22-19(23)12-26-17-9-4-14(11-21)10-18(17)25-3/h4-10,13H,12H2,1-3H3,(H,22,23). The van der Waals surface area contributed by atoms with Crippen molar-refractivity contribution in [2.75, 3.05) is 19.0 Å². The lowest BCUT2D eigenvalue weighted by molar-refractivity contribution is -0.118. The number of esters is 1. The molecule has 0 aliphatic heterocycles. The van der Waals surface area contributed by atoms with Crippen molar-refractivity contribution in [1.82, 2.24) is 0 Å². The first kappa shape index (κ1) is 19.8. The second-order valence-electron chi connectivity index (χ2n) is 5.85. The number of carbonyl (C=O) groups excluding carboxylic acids is 2. The highest BCUT2D eigenvalue weighted by atomic mass is 16.5. The summed E-state index contributed by atoms with van der Waals surface area (Å²) in [6, 6.07) is 13.0. The second-order valence-corrected chi connectivity index (χ2v) is 5.85. The summed E-state index contributed by atoms with van der Waals surface area (Å²) in [5.41, 5.74) is 1.36. The molecular weight excluding hydrogens is 348 g/mol. The molecule has 7 nitrogen and oxygen atoms in total. The third kappa shape index (κ3) is 5.75. The lowest BCUT2D eigenvalue weighted by Gasteiger charge is -2.11. The molecule has 0 spiro atoms. The fraction of sp³-hybridized carbons (Fsp3) is 0.250. The Morgan fingerprint density at radius 1 is 1.11 bits per heavy atom. The van der Waals surface area contributed by atoms with Crippen LogP contribution in [0.4, 0.5) is 5.69 Å². The number of methoxy groups -OCH3 is 1. The largest absolute Gasteiger partial charge is 0.493 e. The van der Waals surface area contributed by atoms with Crippen LogP contribution in [0.3, 0.4) is 0 Å². The Bertz CT molecular complexity index is 854. The molecule has 2 aromatic rings. The average molecular weight is 368 g/mol. The summed E-state index contributed by atoms with van der Waals surface area (Å²) in [6.07, 6.45) is -0.201. The molecule has 0 fully saturated rings. The Morgan fingerprint density at radius 2 is 1.81 bits per heavy atom. The van der Waals surface area contributed by atoms with E-state index in [9.17, 15) is 9.59 Å². The summed E-state index contributed by atoms with van der Waals surface area (Å²) >= 11 is 0. The van der Waals surface area contributed by atoms with E-state index in [2.05, 4.69) is 5.32 Å². The molecule has 1 amide bonds. The van der Waals surface area contributed by atoms with Crippen molar-refractivity contribution in [1.29, 1.82) is 5.26 Å². The maximum Gasteiger partial charge on any atom is 0.338 e. The van der Waals surface area contributed by atoms with Gasteiger partial charge in [-0.05, 0) is 50.2 Å². The van der Waals surface area contributed by atoms with Gasteiger partial charge in [-0.3, -0.25) is 4.79 Å². The Kier molecular flexibility index (Phi) is 6.78. The minimum Gasteiger partial charge on any atom is -0.493 e. The summed E-state index contributed by atoms with van der Waals surface area (Å²) in [5, 5.41) is 11.6. The molecule has 0 heterocycles. The number of carbonyl (C=O) groups is 2. The van der Waals surface area contributed by atoms with Crippen LogP contribution in [-0.4, -0.2) is 31.7 Å². The van der Waals surface area contributed by atoms with Crippen LogP contribution in [0.1, 0.15) is 29.8 Å². The van der Waals surface area contributed by atoms with Gasteiger partial charge in [-0.25, -0.2) is 4.79 Å². The molecule has 0 bridgehead atoms. The zero-order chi connectivity index (χ0) is 19.8. The number of nitrogens with one attached hydrogen (secondary N) is 1. The Balaban J connectivity index is 1.93. The fourth-order valence-electron chi connectivity index (χ4n) is 2.17. The van der Waals surface area contributed by atoms with Crippen LogP contribution in [0.15, 0.2) is 42.5 Å². The minimum atomic E-state index is -0.417. The normalized spacial score (nSPS) is 10.0. The molecule has 2 rings (SSSR count). The first-order valence-corrected chi connectivity index (χ1v) is 8.24. The molecule has 0 saturated carbocycles. The Hall–Kier alpha value is -3.53. The molecular formula is C20H20N2O5. The van der Waals surface area contributed by atoms with Gasteiger partial charge >= 0.3 is 5.97 Å². The van der Waals surface area contributed by atoms with E-state index in [4.69, 9.17) is 19.5 Å². The van der Waals surface area contributed by atoms with Crippen LogP contribution < -0.4 is 14.8 Å². The van der Waals surface area contributed by atoms with Gasteiger partial charge < -0.3 is 19.5 Å². The van der Waals surface area contributed by atoms with Crippen molar-refractivity contribution < 1.29 is 23.8 Å². The van der Waals surface area contributed by atoms with Gasteiger partial charge in [0.2, 0.25) is 0 Å². The van der Waals surface area contributed by atoms with Crippen molar-refractivity contribution in [2.24, 2.45) is 0 Å². The predicted molar refractivity (Wildman–Crippen MR) is 98.8 cm³/mol. The third-order valence-electron chi connectivity index (χ3n) is 3.40. The quantitative estimate of drug-likeness (QED) is 0.754. The van der Waals surface area contributed by atoms with E-state index in [1.165, 1.54) is 13.2 Å². The van der Waals surface area contributed by atoms with Crippen molar-refractivity contribution in [3.8, 4) is 17.6 Å². The van der Waals surface area contributed by atoms with E-state index in [0.29, 0.717) is 28.3 Å². The monoisotopic (exact) mass is 368 g/mol. The summed E-state index contributed by atoms with van der Waals surface area (Å²) < 4.78 is 15.7. The van der Waals surface area contributed by atoms with Crippen LogP contribution >= 0.6 is 0 Å². The van der Waals surface area contributed by atoms with Crippen LogP contribution in [0.2, 0.25) is 0 Å². The topological polar surface area (TPSA) is 97.6 Å². The maximum absolute atomic E-state index is 12.1. The van der Waals surface area contributed by atoms with Crippen molar-refractivity contribution in [3.63, 3.8) is 0 Å². The molecule has 0 unspecified atom stereocenters. The predicted octanol–water partition coefficient (Wildman–Crippen LogP) is 3.15. The van der Waals surface area contributed by atoms with Crippen LogP contribution in [0.5, 0.6) is 11.5 Å². The number of ether oxygens (including phenoxy) is 3. The van der Waals surface area contributed by atoms with Crippen LogP contribution in [-0.2, 0) is 9.53 Å². The highest BCUT2D eigenvalue weighted by Gasteiger charge is 2.11. The van der Waals surface area contributed by atoms with Gasteiger partial charge in [0, 0.05) is 11.8 Å². The first-order chi connectivity index (χ1) is 12.9. The molecule has 27 heavy (non-hydrogen) atoms. The molecule has 0 aromatic heterocycles. The molecule has 7 heteroatoms. The van der Waals surface area contributed by atoms with Gasteiger partial charge in [0.05, 0.1) is 30.4 Å². The van der Waals surface area contributed by atoms with Crippen molar-refractivity contribution in [3.05, 3.63) is 53.6 Å². The first-order valence-electron chi connectivity index (χ1n) is 8.24. The highest BCUT2D eigenvalue weighted by Crippen LogP contribution is 2.27. The molecule has 0 aliphatic rings. The second kappa shape index (κ2) is 9.25. The van der Waals surface area contributed by atoms with Crippen molar-refractivity contribution >= 4 is 17.6 Å². The number of hydrogen-bond acceptors (Lipinski definition) is 6. The number of nitriles is 1. The minimum absolute atomic E-state index is 0.201. The summed E-state index contributed by atoms with van der Waals surface area (Å²) in [4.78, 5) is 23.8. The number of hydrogen-bond donors (Lipinski definition) is 1. The molecule has 1 N–H and O–H groups in total. The number of benzene rings is 2. The van der Waals surface area contributed by atoms with Crippen LogP contribution in [0, 0.1) is 11.3 Å². The number of amides is 1. The maximum atomic E-state index is 12.1. The van der Waals surface area contributed by atoms with Gasteiger partial charge in [-0.1, -0.05) is 0 Å². The van der Waals surface area contributed by atoms with E-state index < -0.39 is 5.97 Å². The summed E-state index contributed by atoms with van der Waals surface area (Å²) in [5.74, 6) is -0.0636. The molecule has 0 atom stereocenters. The Labute approximate surface area is 157 Å². The highest BCUT2D eigenvalue weighted by molar-refractivity contribution is 5.93. The van der Waals surface area contributed by atoms with Gasteiger partial charge in [-0.2, -0.15) is 5.26 Å². The number of rotatable bonds is 7. The molecule has 0 saturated heterocycles. The number of nitrogens with zero attached hydrogens (tertiary/aromatic N) is 1. The molecule has 140 valence electrons. The van der Waals surface area contributed by atoms with Gasteiger partial charge in [-0.15, -0.1) is 0 Å². The van der Waals surface area contributed by atoms with E-state index in [0.717, 1.165) is 0 Å². The fourth-order valence-corrected chi connectivity index (χ4v) is 2.17. The third-order valence-corrected chi connectivity index (χ3v) is 3.40. The zero-order valence-electron chi connectivity index (χ0n) is 15.3. The molecule has 0 radical (unpaired) electrons. The number of anilines is 1. The van der Waals surface area contributed by atoms with E-state index >= 15 is 0 Å². The summed E-state index contributed by atoms with van der Waals surface area (Å²) in [7, 11) is 1.45. The van der Waals surface area contributed by atoms with Gasteiger partial charge in [0.1, 0.15) is 0 Å². The SMILES string of the molecule is COc1cc(C#N)ccc1OCC(=O)Nc1ccc(C(=O)OC(C)C)cc1. The van der Waals surface area contributed by atoms with Gasteiger partial charge in [0.15, 0.2) is 18.1 Å². The average Bonchev–Trinajstić information content (AvgIpc) is 2.66. The van der Waals surface area contributed by atoms with Crippen molar-refractivity contribution in [2.45, 2.75) is 20.0 Å². The lowest BCUT2D eigenvalue weighted by Crippen LogP contribution is -2.20.